The van der Waals surface area contributed by atoms with Crippen LogP contribution in [0.4, 0.5) is 5.82 Å². The van der Waals surface area contributed by atoms with Crippen molar-refractivity contribution in [2.24, 2.45) is 0 Å². The number of hydrogen-bond donors (Lipinski definition) is 0. The zero-order valence-corrected chi connectivity index (χ0v) is 18.9. The van der Waals surface area contributed by atoms with Gasteiger partial charge >= 0.3 is 0 Å². The summed E-state index contributed by atoms with van der Waals surface area (Å²) in [4.78, 5) is 37.9. The van der Waals surface area contributed by atoms with E-state index in [2.05, 4.69) is 20.0 Å². The highest BCUT2D eigenvalue weighted by Gasteiger charge is 2.30. The molecule has 3 aromatic rings. The van der Waals surface area contributed by atoms with Gasteiger partial charge in [0.2, 0.25) is 17.6 Å². The standard InChI is InChI=1S/C24H24ClN5O3/c25-19-6-3-16(4-7-19)20(31)8-10-22(32)30-13-11-29(12-14-30)21-9-5-18(15-26-21)23-27-24(33-28-23)17-1-2-17/h3-7,9,15,17H,1-2,8,10-14H2. The summed E-state index contributed by atoms with van der Waals surface area (Å²) < 4.78 is 5.32. The number of piperazine rings is 1. The first kappa shape index (κ1) is 21.6. The molecular weight excluding hydrogens is 442 g/mol. The number of benzene rings is 1. The molecule has 0 atom stereocenters. The zero-order chi connectivity index (χ0) is 22.8. The number of carbonyl (C=O) groups excluding carboxylic acids is 2. The smallest absolute Gasteiger partial charge is 0.230 e. The highest BCUT2D eigenvalue weighted by atomic mass is 35.5. The maximum absolute atomic E-state index is 12.6. The molecule has 1 aliphatic carbocycles. The van der Waals surface area contributed by atoms with Crippen molar-refractivity contribution in [2.45, 2.75) is 31.6 Å². The third kappa shape index (κ3) is 5.06. The molecule has 1 aliphatic heterocycles. The van der Waals surface area contributed by atoms with E-state index in [4.69, 9.17) is 16.1 Å². The van der Waals surface area contributed by atoms with Crippen molar-refractivity contribution in [1.29, 1.82) is 0 Å². The zero-order valence-electron chi connectivity index (χ0n) is 18.1. The van der Waals surface area contributed by atoms with E-state index < -0.39 is 0 Å². The molecule has 1 aromatic carbocycles. The van der Waals surface area contributed by atoms with Gasteiger partial charge in [-0.15, -0.1) is 0 Å². The highest BCUT2D eigenvalue weighted by molar-refractivity contribution is 6.30. The largest absolute Gasteiger partial charge is 0.353 e. The number of nitrogens with zero attached hydrogens (tertiary/aromatic N) is 5. The van der Waals surface area contributed by atoms with Gasteiger partial charge in [0.15, 0.2) is 5.78 Å². The normalized spacial score (nSPS) is 16.2. The van der Waals surface area contributed by atoms with Gasteiger partial charge in [0.05, 0.1) is 0 Å². The number of anilines is 1. The van der Waals surface area contributed by atoms with Gasteiger partial charge in [0.25, 0.3) is 0 Å². The molecule has 3 heterocycles. The minimum atomic E-state index is -0.0474. The minimum Gasteiger partial charge on any atom is -0.353 e. The van der Waals surface area contributed by atoms with Gasteiger partial charge < -0.3 is 14.3 Å². The number of carbonyl (C=O) groups is 2. The molecule has 9 heteroatoms. The number of pyridine rings is 1. The fourth-order valence-electron chi connectivity index (χ4n) is 3.90. The second-order valence-electron chi connectivity index (χ2n) is 8.43. The van der Waals surface area contributed by atoms with E-state index in [1.807, 2.05) is 17.0 Å². The van der Waals surface area contributed by atoms with Crippen LogP contribution < -0.4 is 4.90 Å². The van der Waals surface area contributed by atoms with Crippen LogP contribution in [0, 0.1) is 0 Å². The van der Waals surface area contributed by atoms with Crippen LogP contribution >= 0.6 is 11.6 Å². The number of amides is 1. The second kappa shape index (κ2) is 9.31. The molecule has 2 aliphatic rings. The van der Waals surface area contributed by atoms with Crippen LogP contribution in [0.1, 0.15) is 47.8 Å². The number of rotatable bonds is 7. The lowest BCUT2D eigenvalue weighted by Gasteiger charge is -2.35. The summed E-state index contributed by atoms with van der Waals surface area (Å²) in [6.45, 7) is 2.59. The van der Waals surface area contributed by atoms with Gasteiger partial charge in [-0.05, 0) is 49.2 Å². The lowest BCUT2D eigenvalue weighted by molar-refractivity contribution is -0.131. The topological polar surface area (TPSA) is 92.4 Å². The van der Waals surface area contributed by atoms with Crippen molar-refractivity contribution in [2.75, 3.05) is 31.1 Å². The van der Waals surface area contributed by atoms with Crippen molar-refractivity contribution in [3.63, 3.8) is 0 Å². The van der Waals surface area contributed by atoms with Crippen LogP contribution in [-0.2, 0) is 4.79 Å². The molecule has 0 radical (unpaired) electrons. The number of ketones is 1. The van der Waals surface area contributed by atoms with Crippen LogP contribution in [0.25, 0.3) is 11.4 Å². The fourth-order valence-corrected chi connectivity index (χ4v) is 4.02. The maximum Gasteiger partial charge on any atom is 0.230 e. The monoisotopic (exact) mass is 465 g/mol. The summed E-state index contributed by atoms with van der Waals surface area (Å²) in [6, 6.07) is 10.6. The molecule has 0 unspecified atom stereocenters. The van der Waals surface area contributed by atoms with Crippen LogP contribution in [0.3, 0.4) is 0 Å². The Kier molecular flexibility index (Phi) is 6.09. The van der Waals surface area contributed by atoms with Gasteiger partial charge in [-0.1, -0.05) is 16.8 Å². The number of halogens is 1. The van der Waals surface area contributed by atoms with Gasteiger partial charge in [-0.3, -0.25) is 9.59 Å². The SMILES string of the molecule is O=C(CCC(=O)N1CCN(c2ccc(-c3noc(C4CC4)n3)cn2)CC1)c1ccc(Cl)cc1. The molecule has 2 fully saturated rings. The first-order valence-electron chi connectivity index (χ1n) is 11.2. The van der Waals surface area contributed by atoms with E-state index >= 15 is 0 Å². The predicted molar refractivity (Wildman–Crippen MR) is 123 cm³/mol. The Hall–Kier alpha value is -3.26. The van der Waals surface area contributed by atoms with E-state index in [1.54, 1.807) is 30.5 Å². The Morgan fingerprint density at radius 1 is 1.00 bits per heavy atom. The summed E-state index contributed by atoms with van der Waals surface area (Å²) in [6.07, 6.45) is 4.40. The van der Waals surface area contributed by atoms with Gasteiger partial charge in [0, 0.05) is 67.3 Å². The second-order valence-corrected chi connectivity index (χ2v) is 8.87. The third-order valence-corrected chi connectivity index (χ3v) is 6.31. The third-order valence-electron chi connectivity index (χ3n) is 6.06. The lowest BCUT2D eigenvalue weighted by Crippen LogP contribution is -2.49. The molecular formula is C24H24ClN5O3. The Morgan fingerprint density at radius 2 is 1.76 bits per heavy atom. The summed E-state index contributed by atoms with van der Waals surface area (Å²) in [7, 11) is 0. The number of Topliss-reactive ketones (excluding diaryl/α,β-unsaturated/α-hetero) is 1. The van der Waals surface area contributed by atoms with Crippen molar-refractivity contribution < 1.29 is 14.1 Å². The van der Waals surface area contributed by atoms with Crippen molar-refractivity contribution in [3.05, 3.63) is 59.1 Å². The van der Waals surface area contributed by atoms with E-state index in [1.165, 1.54) is 0 Å². The van der Waals surface area contributed by atoms with Crippen molar-refractivity contribution >= 4 is 29.1 Å². The van der Waals surface area contributed by atoms with Crippen LogP contribution in [-0.4, -0.2) is 57.9 Å². The molecule has 0 N–H and O–H groups in total. The Labute approximate surface area is 196 Å². The molecule has 8 nitrogen and oxygen atoms in total. The van der Waals surface area contributed by atoms with Gasteiger partial charge in [0.1, 0.15) is 5.82 Å². The van der Waals surface area contributed by atoms with E-state index in [-0.39, 0.29) is 24.5 Å². The van der Waals surface area contributed by atoms with E-state index in [0.29, 0.717) is 54.4 Å². The average Bonchev–Trinajstić information content (AvgIpc) is 3.59. The molecule has 1 amide bonds. The Bertz CT molecular complexity index is 1130. The van der Waals surface area contributed by atoms with Crippen molar-refractivity contribution in [3.8, 4) is 11.4 Å². The fraction of sp³-hybridized carbons (Fsp3) is 0.375. The quantitative estimate of drug-likeness (QED) is 0.487. The van der Waals surface area contributed by atoms with Gasteiger partial charge in [-0.25, -0.2) is 4.98 Å². The first-order chi connectivity index (χ1) is 16.1. The van der Waals surface area contributed by atoms with Gasteiger partial charge in [-0.2, -0.15) is 4.98 Å². The molecule has 5 rings (SSSR count). The Morgan fingerprint density at radius 3 is 2.42 bits per heavy atom. The van der Waals surface area contributed by atoms with Crippen LogP contribution in [0.2, 0.25) is 5.02 Å². The summed E-state index contributed by atoms with van der Waals surface area (Å²) in [5, 5.41) is 4.64. The van der Waals surface area contributed by atoms with E-state index in [0.717, 1.165) is 24.2 Å². The minimum absolute atomic E-state index is 0.00356. The molecule has 1 saturated carbocycles. The van der Waals surface area contributed by atoms with Crippen molar-refractivity contribution in [1.82, 2.24) is 20.0 Å². The predicted octanol–water partition coefficient (Wildman–Crippen LogP) is 3.97. The van der Waals surface area contributed by atoms with Crippen LogP contribution in [0.5, 0.6) is 0 Å². The molecule has 1 saturated heterocycles. The summed E-state index contributed by atoms with van der Waals surface area (Å²) >= 11 is 5.86. The molecule has 0 bridgehead atoms. The molecule has 170 valence electrons. The molecule has 0 spiro atoms. The van der Waals surface area contributed by atoms with E-state index in [9.17, 15) is 9.59 Å². The summed E-state index contributed by atoms with van der Waals surface area (Å²) in [5.74, 6) is 2.52. The average molecular weight is 466 g/mol. The number of aromatic nitrogens is 3. The first-order valence-corrected chi connectivity index (χ1v) is 11.6. The van der Waals surface area contributed by atoms with Crippen LogP contribution in [0.15, 0.2) is 47.1 Å². The summed E-state index contributed by atoms with van der Waals surface area (Å²) in [5.41, 5.74) is 1.41. The molecule has 2 aromatic heterocycles. The highest BCUT2D eigenvalue weighted by Crippen LogP contribution is 2.39. The number of hydrogen-bond acceptors (Lipinski definition) is 7. The maximum atomic E-state index is 12.6. The lowest BCUT2D eigenvalue weighted by atomic mass is 10.1. The molecule has 33 heavy (non-hydrogen) atoms. The Balaban J connectivity index is 1.11.